The van der Waals surface area contributed by atoms with Crippen molar-refractivity contribution in [3.8, 4) is 0 Å². The Balaban J connectivity index is 0.000000204. The molecule has 4 rings (SSSR count). The second-order valence-corrected chi connectivity index (χ2v) is 13.8. The van der Waals surface area contributed by atoms with Crippen LogP contribution in [0.1, 0.15) is 0 Å². The van der Waals surface area contributed by atoms with E-state index in [1.807, 2.05) is 0 Å². The first-order valence-electron chi connectivity index (χ1n) is 9.10. The maximum atomic E-state index is 10.1. The molecule has 0 fully saturated rings. The average molecular weight is 504 g/mol. The summed E-state index contributed by atoms with van der Waals surface area (Å²) in [5.41, 5.74) is 0.0774. The molecule has 5 heteroatoms. The molecule has 142 valence electrons. The van der Waals surface area contributed by atoms with E-state index in [9.17, 15) is 10.1 Å². The third kappa shape index (κ3) is 6.14. The molecular weight excluding hydrogens is 485 g/mol. The standard InChI is InChI=1S/C6H5NO2S.3C6H5.Sn/c8-7(9)5-1-3-6(10)4-2-5;3*1-2-4-6-5-3-1;/h1-4,10H;3*1-5H;/q;;;;+1/p-1. The van der Waals surface area contributed by atoms with Gasteiger partial charge in [-0.05, 0) is 0 Å². The molecule has 0 amide bonds. The summed E-state index contributed by atoms with van der Waals surface area (Å²) in [4.78, 5) is 10.3. The molecule has 0 radical (unpaired) electrons. The van der Waals surface area contributed by atoms with Crippen molar-refractivity contribution in [2.75, 3.05) is 0 Å². The van der Waals surface area contributed by atoms with Crippen molar-refractivity contribution in [3.63, 3.8) is 0 Å². The number of non-ortho nitro benzene ring substituents is 1. The van der Waals surface area contributed by atoms with Gasteiger partial charge in [-0.3, -0.25) is 10.1 Å². The van der Waals surface area contributed by atoms with Crippen LogP contribution in [0.3, 0.4) is 0 Å². The van der Waals surface area contributed by atoms with E-state index in [1.165, 1.54) is 35.0 Å². The van der Waals surface area contributed by atoms with Gasteiger partial charge < -0.3 is 12.6 Å². The van der Waals surface area contributed by atoms with Gasteiger partial charge in [0.05, 0.1) is 4.92 Å². The first kappa shape index (κ1) is 21.0. The second kappa shape index (κ2) is 10.7. The Morgan fingerprint density at radius 1 is 0.586 bits per heavy atom. The Labute approximate surface area is 183 Å². The Morgan fingerprint density at radius 2 is 0.931 bits per heavy atom. The maximum absolute atomic E-state index is 10.1. The fourth-order valence-corrected chi connectivity index (χ4v) is 10.4. The molecular formula is C24H19NO2SSn. The third-order valence-electron chi connectivity index (χ3n) is 4.23. The van der Waals surface area contributed by atoms with Gasteiger partial charge in [0.15, 0.2) is 0 Å². The second-order valence-electron chi connectivity index (χ2n) is 6.22. The number of benzene rings is 4. The van der Waals surface area contributed by atoms with Gasteiger partial charge in [0.2, 0.25) is 0 Å². The SMILES string of the molecule is O=[N+]([O-])c1ccc([S-])cc1.c1cc[c]([Sn+]([c]2ccccc2)[c]2ccccc2)cc1. The predicted octanol–water partition coefficient (Wildman–Crippen LogP) is 3.70. The minimum atomic E-state index is -1.98. The molecule has 0 heterocycles. The van der Waals surface area contributed by atoms with Gasteiger partial charge in [-0.1, -0.05) is 12.1 Å². The molecule has 0 aromatic heterocycles. The molecule has 4 aromatic rings. The Morgan fingerprint density at radius 3 is 1.24 bits per heavy atom. The Kier molecular flexibility index (Phi) is 7.78. The summed E-state index contributed by atoms with van der Waals surface area (Å²) in [6.45, 7) is 0. The molecule has 0 aliphatic carbocycles. The topological polar surface area (TPSA) is 43.1 Å². The Hall–Kier alpha value is -2.70. The minimum absolute atomic E-state index is 0.0774. The zero-order valence-corrected chi connectivity index (χ0v) is 19.3. The first-order valence-corrected chi connectivity index (χ1v) is 13.8. The molecule has 0 bridgehead atoms. The number of nitro benzene ring substituents is 1. The normalized spacial score (nSPS) is 9.79. The van der Waals surface area contributed by atoms with E-state index in [1.54, 1.807) is 0 Å². The van der Waals surface area contributed by atoms with Crippen LogP contribution in [-0.2, 0) is 12.6 Å². The van der Waals surface area contributed by atoms with E-state index in [0.717, 1.165) is 0 Å². The molecule has 0 unspecified atom stereocenters. The van der Waals surface area contributed by atoms with Gasteiger partial charge in [0.25, 0.3) is 5.69 Å². The van der Waals surface area contributed by atoms with Gasteiger partial charge in [-0.15, -0.1) is 0 Å². The van der Waals surface area contributed by atoms with Crippen molar-refractivity contribution in [2.24, 2.45) is 0 Å². The number of rotatable bonds is 4. The third-order valence-corrected chi connectivity index (χ3v) is 12.3. The van der Waals surface area contributed by atoms with Crippen molar-refractivity contribution >= 4 is 48.8 Å². The van der Waals surface area contributed by atoms with Crippen molar-refractivity contribution in [2.45, 2.75) is 4.90 Å². The first-order chi connectivity index (χ1) is 14.1. The summed E-state index contributed by atoms with van der Waals surface area (Å²) in [5, 5.41) is 10.1. The molecule has 3 nitrogen and oxygen atoms in total. The van der Waals surface area contributed by atoms with Crippen LogP contribution in [0, 0.1) is 10.1 Å². The van der Waals surface area contributed by atoms with Crippen LogP contribution in [0.5, 0.6) is 0 Å². The summed E-state index contributed by atoms with van der Waals surface area (Å²) in [5.74, 6) is 0. The van der Waals surface area contributed by atoms with Crippen molar-refractivity contribution < 1.29 is 4.92 Å². The van der Waals surface area contributed by atoms with Crippen LogP contribution in [0.15, 0.2) is 120 Å². The summed E-state index contributed by atoms with van der Waals surface area (Å²) in [6, 6.07) is 38.8. The molecule has 4 aromatic carbocycles. The zero-order valence-electron chi connectivity index (χ0n) is 15.6. The molecule has 0 atom stereocenters. The van der Waals surface area contributed by atoms with E-state index in [2.05, 4.69) is 91.0 Å². The number of nitrogens with zero attached hydrogens (tertiary/aromatic N) is 1. The van der Waals surface area contributed by atoms with Crippen molar-refractivity contribution in [3.05, 3.63) is 125 Å². The van der Waals surface area contributed by atoms with E-state index in [4.69, 9.17) is 12.6 Å². The summed E-state index contributed by atoms with van der Waals surface area (Å²) >= 11 is 2.75. The monoisotopic (exact) mass is 505 g/mol. The van der Waals surface area contributed by atoms with Crippen molar-refractivity contribution in [1.82, 2.24) is 0 Å². The van der Waals surface area contributed by atoms with Gasteiger partial charge in [-0.2, -0.15) is 4.90 Å². The number of nitro groups is 1. The predicted molar refractivity (Wildman–Crippen MR) is 123 cm³/mol. The van der Waals surface area contributed by atoms with E-state index in [-0.39, 0.29) is 5.69 Å². The van der Waals surface area contributed by atoms with Gasteiger partial charge in [-0.25, -0.2) is 0 Å². The van der Waals surface area contributed by atoms with Gasteiger partial charge in [0.1, 0.15) is 0 Å². The van der Waals surface area contributed by atoms with Crippen LogP contribution >= 0.6 is 0 Å². The number of hydrogen-bond donors (Lipinski definition) is 0. The van der Waals surface area contributed by atoms with Crippen LogP contribution in [-0.4, -0.2) is 24.7 Å². The fraction of sp³-hybridized carbons (Fsp3) is 0. The van der Waals surface area contributed by atoms with Gasteiger partial charge in [0, 0.05) is 12.1 Å². The summed E-state index contributed by atoms with van der Waals surface area (Å²) in [6.07, 6.45) is 0. The molecule has 0 N–H and O–H groups in total. The van der Waals surface area contributed by atoms with E-state index >= 15 is 0 Å². The quantitative estimate of drug-likeness (QED) is 0.184. The molecule has 0 spiro atoms. The summed E-state index contributed by atoms with van der Waals surface area (Å²) in [7, 11) is 0. The molecule has 29 heavy (non-hydrogen) atoms. The molecule has 0 aliphatic rings. The van der Waals surface area contributed by atoms with Gasteiger partial charge >= 0.3 is 121 Å². The van der Waals surface area contributed by atoms with Crippen molar-refractivity contribution in [1.29, 1.82) is 0 Å². The average Bonchev–Trinajstić information content (AvgIpc) is 2.77. The van der Waals surface area contributed by atoms with Crippen LogP contribution < -0.4 is 10.7 Å². The molecule has 0 aliphatic heterocycles. The van der Waals surface area contributed by atoms with Crippen LogP contribution in [0.2, 0.25) is 0 Å². The summed E-state index contributed by atoms with van der Waals surface area (Å²) < 4.78 is 4.59. The van der Waals surface area contributed by atoms with E-state index in [0.29, 0.717) is 4.90 Å². The van der Waals surface area contributed by atoms with E-state index < -0.39 is 24.7 Å². The fourth-order valence-electron chi connectivity index (χ4n) is 2.88. The number of hydrogen-bond acceptors (Lipinski definition) is 3. The molecule has 0 saturated carbocycles. The molecule has 0 saturated heterocycles. The zero-order chi connectivity index (χ0) is 20.5. The van der Waals surface area contributed by atoms with Crippen LogP contribution in [0.4, 0.5) is 5.69 Å². The van der Waals surface area contributed by atoms with Crippen LogP contribution in [0.25, 0.3) is 0 Å². The Bertz CT molecular complexity index is 933.